The van der Waals surface area contributed by atoms with E-state index in [1.165, 1.54) is 0 Å². The second kappa shape index (κ2) is 4.25. The van der Waals surface area contributed by atoms with Gasteiger partial charge in [0.15, 0.2) is 5.76 Å². The van der Waals surface area contributed by atoms with E-state index in [0.29, 0.717) is 5.82 Å². The molecule has 0 aliphatic carbocycles. The third-order valence-corrected chi connectivity index (χ3v) is 2.95. The molecule has 5 heteroatoms. The van der Waals surface area contributed by atoms with Crippen LogP contribution in [0, 0.1) is 13.8 Å². The van der Waals surface area contributed by atoms with Gasteiger partial charge in [-0.2, -0.15) is 0 Å². The molecule has 0 aliphatic heterocycles. The van der Waals surface area contributed by atoms with E-state index in [-0.39, 0.29) is 0 Å². The Balaban J connectivity index is 2.65. The molecule has 0 saturated carbocycles. The summed E-state index contributed by atoms with van der Waals surface area (Å²) in [5.41, 5.74) is 1.79. The van der Waals surface area contributed by atoms with E-state index in [1.54, 1.807) is 6.26 Å². The van der Waals surface area contributed by atoms with Gasteiger partial charge in [0.2, 0.25) is 0 Å². The van der Waals surface area contributed by atoms with Crippen LogP contribution in [0.25, 0.3) is 11.5 Å². The number of halogens is 1. The predicted octanol–water partition coefficient (Wildman–Crippen LogP) is 3.16. The highest BCUT2D eigenvalue weighted by Gasteiger charge is 2.15. The van der Waals surface area contributed by atoms with E-state index >= 15 is 0 Å². The highest BCUT2D eigenvalue weighted by Crippen LogP contribution is 2.32. The quantitative estimate of drug-likeness (QED) is 0.919. The van der Waals surface area contributed by atoms with Crippen molar-refractivity contribution in [2.24, 2.45) is 0 Å². The zero-order valence-corrected chi connectivity index (χ0v) is 10.9. The molecule has 0 aromatic carbocycles. The summed E-state index contributed by atoms with van der Waals surface area (Å²) in [6.45, 7) is 3.83. The van der Waals surface area contributed by atoms with Crippen LogP contribution in [0.4, 0.5) is 5.82 Å². The highest BCUT2D eigenvalue weighted by molar-refractivity contribution is 9.10. The number of rotatable bonds is 2. The van der Waals surface area contributed by atoms with Crippen LogP contribution in [-0.2, 0) is 0 Å². The fourth-order valence-corrected chi connectivity index (χ4v) is 1.94. The summed E-state index contributed by atoms with van der Waals surface area (Å²) in [6, 6.07) is 1.85. The van der Waals surface area contributed by atoms with Gasteiger partial charge in [0.1, 0.15) is 17.3 Å². The lowest BCUT2D eigenvalue weighted by molar-refractivity contribution is 0.578. The summed E-state index contributed by atoms with van der Waals surface area (Å²) in [4.78, 5) is 8.72. The SMILES string of the molecule is CNc1nc(C)nc(-c2occc2Br)c1C. The molecule has 4 nitrogen and oxygen atoms in total. The van der Waals surface area contributed by atoms with Crippen LogP contribution < -0.4 is 5.32 Å². The molecule has 0 saturated heterocycles. The predicted molar refractivity (Wildman–Crippen MR) is 66.5 cm³/mol. The highest BCUT2D eigenvalue weighted by atomic mass is 79.9. The van der Waals surface area contributed by atoms with Crippen molar-refractivity contribution < 1.29 is 4.42 Å². The molecule has 2 heterocycles. The van der Waals surface area contributed by atoms with E-state index in [9.17, 15) is 0 Å². The Morgan fingerprint density at radius 1 is 1.31 bits per heavy atom. The minimum Gasteiger partial charge on any atom is -0.461 e. The minimum absolute atomic E-state index is 0.716. The number of aromatic nitrogens is 2. The van der Waals surface area contributed by atoms with Crippen LogP contribution in [0.5, 0.6) is 0 Å². The van der Waals surface area contributed by atoms with E-state index in [4.69, 9.17) is 4.42 Å². The fourth-order valence-electron chi connectivity index (χ4n) is 1.56. The Morgan fingerprint density at radius 2 is 2.06 bits per heavy atom. The molecule has 0 spiro atoms. The fraction of sp³-hybridized carbons (Fsp3) is 0.273. The average Bonchev–Trinajstić information content (AvgIpc) is 2.67. The number of hydrogen-bond acceptors (Lipinski definition) is 4. The molecule has 2 rings (SSSR count). The van der Waals surface area contributed by atoms with Gasteiger partial charge in [0.25, 0.3) is 0 Å². The number of aryl methyl sites for hydroxylation is 1. The van der Waals surface area contributed by atoms with Gasteiger partial charge in [0, 0.05) is 12.6 Å². The summed E-state index contributed by atoms with van der Waals surface area (Å²) < 4.78 is 6.32. The molecule has 0 unspecified atom stereocenters. The van der Waals surface area contributed by atoms with Crippen LogP contribution in [-0.4, -0.2) is 17.0 Å². The summed E-state index contributed by atoms with van der Waals surface area (Å²) in [7, 11) is 1.84. The molecule has 0 bridgehead atoms. The standard InChI is InChI=1S/C11H12BrN3O/c1-6-9(10-8(12)4-5-16-10)14-7(2)15-11(6)13-3/h4-5H,1-3H3,(H,13,14,15). The van der Waals surface area contributed by atoms with Gasteiger partial charge in [-0.3, -0.25) is 0 Å². The van der Waals surface area contributed by atoms with Crippen molar-refractivity contribution in [2.45, 2.75) is 13.8 Å². The summed E-state index contributed by atoms with van der Waals surface area (Å²) >= 11 is 3.43. The Kier molecular flexibility index (Phi) is 2.96. The molecule has 1 N–H and O–H groups in total. The molecular formula is C11H12BrN3O. The van der Waals surface area contributed by atoms with Crippen LogP contribution in [0.15, 0.2) is 21.2 Å². The van der Waals surface area contributed by atoms with Crippen molar-refractivity contribution >= 4 is 21.7 Å². The van der Waals surface area contributed by atoms with E-state index in [0.717, 1.165) is 27.3 Å². The molecule has 84 valence electrons. The molecule has 0 atom stereocenters. The topological polar surface area (TPSA) is 51.0 Å². The van der Waals surface area contributed by atoms with Crippen LogP contribution in [0.1, 0.15) is 11.4 Å². The Morgan fingerprint density at radius 3 is 2.62 bits per heavy atom. The molecule has 16 heavy (non-hydrogen) atoms. The second-order valence-electron chi connectivity index (χ2n) is 3.44. The van der Waals surface area contributed by atoms with Gasteiger partial charge in [-0.05, 0) is 35.8 Å². The summed E-state index contributed by atoms with van der Waals surface area (Å²) in [6.07, 6.45) is 1.63. The van der Waals surface area contributed by atoms with Gasteiger partial charge in [-0.25, -0.2) is 9.97 Å². The second-order valence-corrected chi connectivity index (χ2v) is 4.30. The van der Waals surface area contributed by atoms with Crippen molar-refractivity contribution in [3.8, 4) is 11.5 Å². The zero-order chi connectivity index (χ0) is 11.7. The Hall–Kier alpha value is -1.36. The first-order valence-electron chi connectivity index (χ1n) is 4.90. The van der Waals surface area contributed by atoms with Crippen molar-refractivity contribution in [3.05, 3.63) is 28.2 Å². The van der Waals surface area contributed by atoms with Crippen molar-refractivity contribution in [2.75, 3.05) is 12.4 Å². The van der Waals surface area contributed by atoms with Crippen LogP contribution in [0.2, 0.25) is 0 Å². The van der Waals surface area contributed by atoms with Crippen LogP contribution in [0.3, 0.4) is 0 Å². The smallest absolute Gasteiger partial charge is 0.166 e. The van der Waals surface area contributed by atoms with Gasteiger partial charge in [-0.1, -0.05) is 0 Å². The van der Waals surface area contributed by atoms with Gasteiger partial charge in [0.05, 0.1) is 10.7 Å². The first kappa shape index (κ1) is 11.1. The number of nitrogens with one attached hydrogen (secondary N) is 1. The number of anilines is 1. The first-order valence-corrected chi connectivity index (χ1v) is 5.69. The third kappa shape index (κ3) is 1.82. The monoisotopic (exact) mass is 281 g/mol. The molecule has 0 fully saturated rings. The van der Waals surface area contributed by atoms with Crippen molar-refractivity contribution in [1.29, 1.82) is 0 Å². The van der Waals surface area contributed by atoms with E-state index in [2.05, 4.69) is 31.2 Å². The lowest BCUT2D eigenvalue weighted by atomic mass is 10.2. The first-order chi connectivity index (χ1) is 7.63. The zero-order valence-electron chi connectivity index (χ0n) is 9.34. The maximum absolute atomic E-state index is 5.42. The maximum atomic E-state index is 5.42. The molecule has 2 aromatic heterocycles. The maximum Gasteiger partial charge on any atom is 0.166 e. The lowest BCUT2D eigenvalue weighted by Crippen LogP contribution is -2.02. The largest absolute Gasteiger partial charge is 0.461 e. The Labute approximate surface area is 102 Å². The minimum atomic E-state index is 0.716. The van der Waals surface area contributed by atoms with Crippen molar-refractivity contribution in [1.82, 2.24) is 9.97 Å². The molecule has 0 aliphatic rings. The average molecular weight is 282 g/mol. The van der Waals surface area contributed by atoms with Gasteiger partial charge in [-0.15, -0.1) is 0 Å². The third-order valence-electron chi connectivity index (χ3n) is 2.33. The molecule has 0 amide bonds. The van der Waals surface area contributed by atoms with E-state index < -0.39 is 0 Å². The molecular weight excluding hydrogens is 270 g/mol. The number of furan rings is 1. The van der Waals surface area contributed by atoms with Crippen molar-refractivity contribution in [3.63, 3.8) is 0 Å². The van der Waals surface area contributed by atoms with Crippen LogP contribution >= 0.6 is 15.9 Å². The van der Waals surface area contributed by atoms with E-state index in [1.807, 2.05) is 27.0 Å². The molecule has 0 radical (unpaired) electrons. The summed E-state index contributed by atoms with van der Waals surface area (Å²) in [5, 5.41) is 3.05. The number of hydrogen-bond donors (Lipinski definition) is 1. The molecule has 2 aromatic rings. The number of nitrogens with zero attached hydrogens (tertiary/aromatic N) is 2. The normalized spacial score (nSPS) is 10.5. The summed E-state index contributed by atoms with van der Waals surface area (Å²) in [5.74, 6) is 2.28. The lowest BCUT2D eigenvalue weighted by Gasteiger charge is -2.09. The Bertz CT molecular complexity index is 522. The van der Waals surface area contributed by atoms with Gasteiger partial charge < -0.3 is 9.73 Å². The van der Waals surface area contributed by atoms with Gasteiger partial charge >= 0.3 is 0 Å².